The average molecular weight is 807 g/mol. The van der Waals surface area contributed by atoms with Crippen LogP contribution in [0.15, 0.2) is 94.8 Å². The van der Waals surface area contributed by atoms with Gasteiger partial charge in [-0.25, -0.2) is 19.3 Å². The molecule has 6 N–H and O–H groups in total. The van der Waals surface area contributed by atoms with Gasteiger partial charge in [0, 0.05) is 79.5 Å². The van der Waals surface area contributed by atoms with Crippen LogP contribution in [-0.4, -0.2) is 95.1 Å². The lowest BCUT2D eigenvalue weighted by molar-refractivity contribution is 0.0932. The summed E-state index contributed by atoms with van der Waals surface area (Å²) in [4.78, 5) is 57.7. The number of phenolic OH excluding ortho intramolecular Hbond substituents is 2. The number of phenols is 2. The fourth-order valence-corrected chi connectivity index (χ4v) is 7.84. The van der Waals surface area contributed by atoms with Crippen LogP contribution in [0.3, 0.4) is 0 Å². The summed E-state index contributed by atoms with van der Waals surface area (Å²) < 4.78 is 1.38. The molecule has 0 radical (unpaired) electrons. The molecule has 0 saturated carbocycles. The van der Waals surface area contributed by atoms with Crippen molar-refractivity contribution >= 4 is 39.8 Å². The molecule has 0 bridgehead atoms. The predicted octanol–water partition coefficient (Wildman–Crippen LogP) is 5.74. The molecule has 306 valence electrons. The zero-order valence-corrected chi connectivity index (χ0v) is 33.6. The summed E-state index contributed by atoms with van der Waals surface area (Å²) in [5.41, 5.74) is 14.3. The smallest absolute Gasteiger partial charge is 0.348 e. The van der Waals surface area contributed by atoms with Gasteiger partial charge in [-0.15, -0.1) is 0 Å². The number of aromatic amines is 1. The minimum atomic E-state index is -0.517. The number of allylic oxidation sites excluding steroid dienone is 1. The number of benzene rings is 3. The van der Waals surface area contributed by atoms with E-state index in [4.69, 9.17) is 10.7 Å². The van der Waals surface area contributed by atoms with E-state index in [1.165, 1.54) is 10.6 Å². The molecule has 3 amide bonds. The fraction of sp³-hybridized carbons (Fsp3) is 0.267. The number of nitrogens with one attached hydrogen (secondary N) is 2. The first-order chi connectivity index (χ1) is 28.9. The largest absolute Gasteiger partial charge is 0.508 e. The van der Waals surface area contributed by atoms with Gasteiger partial charge in [0.25, 0.3) is 5.91 Å². The number of amides is 3. The van der Waals surface area contributed by atoms with Crippen LogP contribution in [-0.2, 0) is 6.54 Å². The molecule has 0 spiro atoms. The number of aromatic nitrogens is 5. The number of aliphatic imine (C=N–C) groups is 1. The molecule has 15 heteroatoms. The molecule has 8 rings (SSSR count). The molecule has 1 saturated heterocycles. The molecule has 2 aliphatic rings. The average Bonchev–Trinajstić information content (AvgIpc) is 3.91. The number of hydrogen-bond donors (Lipinski definition) is 5. The van der Waals surface area contributed by atoms with E-state index in [0.717, 1.165) is 40.9 Å². The van der Waals surface area contributed by atoms with Crippen molar-refractivity contribution in [3.05, 3.63) is 129 Å². The molecule has 15 nitrogen and oxygen atoms in total. The summed E-state index contributed by atoms with van der Waals surface area (Å²) in [5.74, 6) is -0.535. The van der Waals surface area contributed by atoms with Crippen LogP contribution in [0.25, 0.3) is 39.2 Å². The van der Waals surface area contributed by atoms with Gasteiger partial charge >= 0.3 is 11.7 Å². The number of hydrogen-bond acceptors (Lipinski definition) is 11. The molecule has 1 fully saturated rings. The zero-order valence-electron chi connectivity index (χ0n) is 33.6. The maximum Gasteiger partial charge on any atom is 0.348 e. The van der Waals surface area contributed by atoms with Crippen molar-refractivity contribution in [1.29, 1.82) is 0 Å². The van der Waals surface area contributed by atoms with Gasteiger partial charge in [0.1, 0.15) is 11.5 Å². The number of H-pyrrole nitrogens is 1. The van der Waals surface area contributed by atoms with E-state index < -0.39 is 17.6 Å². The molecule has 0 atom stereocenters. The van der Waals surface area contributed by atoms with Gasteiger partial charge < -0.3 is 20.8 Å². The van der Waals surface area contributed by atoms with E-state index in [2.05, 4.69) is 30.4 Å². The highest BCUT2D eigenvalue weighted by molar-refractivity contribution is 6.32. The number of fused-ring (bicyclic) bond motifs is 1. The Labute approximate surface area is 345 Å². The second-order valence-corrected chi connectivity index (χ2v) is 15.4. The Morgan fingerprint density at radius 1 is 0.950 bits per heavy atom. The van der Waals surface area contributed by atoms with Gasteiger partial charge in [-0.05, 0) is 97.0 Å². The minimum absolute atomic E-state index is 0.0206. The lowest BCUT2D eigenvalue weighted by atomic mass is 9.92. The fourth-order valence-electron chi connectivity index (χ4n) is 7.84. The van der Waals surface area contributed by atoms with Crippen molar-refractivity contribution < 1.29 is 19.8 Å². The molecule has 0 unspecified atom stereocenters. The summed E-state index contributed by atoms with van der Waals surface area (Å²) in [7, 11) is 0. The first-order valence-electron chi connectivity index (χ1n) is 20.0. The molecular weight excluding hydrogens is 761 g/mol. The summed E-state index contributed by atoms with van der Waals surface area (Å²) in [6.07, 6.45) is 3.40. The van der Waals surface area contributed by atoms with E-state index in [-0.39, 0.29) is 23.2 Å². The van der Waals surface area contributed by atoms with E-state index in [0.29, 0.717) is 83.9 Å². The monoisotopic (exact) mass is 806 g/mol. The van der Waals surface area contributed by atoms with Gasteiger partial charge in [0.15, 0.2) is 5.82 Å². The predicted molar refractivity (Wildman–Crippen MR) is 230 cm³/mol. The van der Waals surface area contributed by atoms with E-state index >= 15 is 0 Å². The highest BCUT2D eigenvalue weighted by atomic mass is 16.3. The van der Waals surface area contributed by atoms with Gasteiger partial charge in [-0.2, -0.15) is 5.10 Å². The summed E-state index contributed by atoms with van der Waals surface area (Å²) in [6, 6.07) is 22.7. The van der Waals surface area contributed by atoms with Gasteiger partial charge in [0.05, 0.1) is 28.2 Å². The third kappa shape index (κ3) is 7.99. The van der Waals surface area contributed by atoms with Gasteiger partial charge in [-0.3, -0.25) is 30.0 Å². The van der Waals surface area contributed by atoms with Crippen LogP contribution in [0, 0.1) is 6.92 Å². The number of aromatic hydroxyl groups is 2. The van der Waals surface area contributed by atoms with Crippen LogP contribution < -0.4 is 16.7 Å². The Morgan fingerprint density at radius 3 is 2.45 bits per heavy atom. The molecule has 3 aromatic heterocycles. The molecule has 2 aliphatic heterocycles. The first kappa shape index (κ1) is 39.7. The topological polar surface area (TPSA) is 208 Å². The second kappa shape index (κ2) is 16.6. The normalized spacial score (nSPS) is 15.0. The maximum atomic E-state index is 13.6. The van der Waals surface area contributed by atoms with E-state index in [1.807, 2.05) is 69.3 Å². The van der Waals surface area contributed by atoms with Crippen molar-refractivity contribution in [3.63, 3.8) is 0 Å². The van der Waals surface area contributed by atoms with Crippen molar-refractivity contribution in [2.24, 2.45) is 10.7 Å². The van der Waals surface area contributed by atoms with Gasteiger partial charge in [0.2, 0.25) is 0 Å². The Bertz CT molecular complexity index is 2740. The number of aryl methyl sites for hydroxylation is 1. The van der Waals surface area contributed by atoms with Crippen molar-refractivity contribution in [1.82, 2.24) is 39.8 Å². The Kier molecular flexibility index (Phi) is 11.0. The van der Waals surface area contributed by atoms with Crippen molar-refractivity contribution in [3.8, 4) is 28.6 Å². The number of nitrogens with zero attached hydrogens (tertiary/aromatic N) is 7. The van der Waals surface area contributed by atoms with Crippen LogP contribution in [0.4, 0.5) is 4.79 Å². The standard InChI is InChI=1S/C45H46N10O5/c1-26(2)32-23-34(39(57)24-38(32)56)42-51-52-45(60)55(42)30-12-9-28(10-13-30)25-53-18-20-54(21-19-53)44(59)50-43(58)29-11-14-35-33(22-29)31(15-17-48-35)40(36-8-5-16-47-36)41(46)37-7-4-6-27(3)49-37/h4,6-7,9-15,17,22-24,26,56-57H,5,8,16,18-21,25,46H2,1-3H3,(H,52,60)(H,50,58,59). The minimum Gasteiger partial charge on any atom is -0.508 e. The molecule has 0 aliphatic carbocycles. The number of nitrogens with two attached hydrogens (primary N) is 1. The molecule has 3 aromatic carbocycles. The first-order valence-corrected chi connectivity index (χ1v) is 20.0. The second-order valence-electron chi connectivity index (χ2n) is 15.4. The lowest BCUT2D eigenvalue weighted by Crippen LogP contribution is -2.52. The summed E-state index contributed by atoms with van der Waals surface area (Å²) in [5, 5.41) is 30.9. The quantitative estimate of drug-likeness (QED) is 0.120. The van der Waals surface area contributed by atoms with Crippen molar-refractivity contribution in [2.45, 2.75) is 46.1 Å². The van der Waals surface area contributed by atoms with Crippen molar-refractivity contribution in [2.75, 3.05) is 32.7 Å². The number of carbonyl (C=O) groups is 2. The van der Waals surface area contributed by atoms with Crippen LogP contribution in [0.5, 0.6) is 11.5 Å². The molecule has 60 heavy (non-hydrogen) atoms. The summed E-state index contributed by atoms with van der Waals surface area (Å²) >= 11 is 0. The highest BCUT2D eigenvalue weighted by Gasteiger charge is 2.26. The van der Waals surface area contributed by atoms with Crippen LogP contribution >= 0.6 is 0 Å². The van der Waals surface area contributed by atoms with Gasteiger partial charge in [-0.1, -0.05) is 32.0 Å². The van der Waals surface area contributed by atoms with Crippen LogP contribution in [0.1, 0.15) is 71.0 Å². The maximum absolute atomic E-state index is 13.6. The third-order valence-electron chi connectivity index (χ3n) is 11.0. The molecule has 5 heterocycles. The number of carbonyl (C=O) groups excluding carboxylic acids is 2. The van der Waals surface area contributed by atoms with Crippen LogP contribution in [0.2, 0.25) is 0 Å². The number of pyridine rings is 2. The SMILES string of the molecule is Cc1cccc(C(N)=C(C2=NCCC2)c2ccnc3ccc(C(=O)NC(=O)N4CCN(Cc5ccc(-n6c(-c7cc(C(C)C)c(O)cc7O)n[nH]c6=O)cc5)CC4)cc23)n1. The Morgan fingerprint density at radius 2 is 1.73 bits per heavy atom. The van der Waals surface area contributed by atoms with E-state index in [9.17, 15) is 24.6 Å². The summed E-state index contributed by atoms with van der Waals surface area (Å²) in [6.45, 7) is 9.12. The third-order valence-corrected chi connectivity index (χ3v) is 11.0. The zero-order chi connectivity index (χ0) is 42.1. The Hall–Kier alpha value is -7.13. The number of rotatable bonds is 9. The number of piperazine rings is 1. The Balaban J connectivity index is 0.925. The van der Waals surface area contributed by atoms with E-state index in [1.54, 1.807) is 35.4 Å². The lowest BCUT2D eigenvalue weighted by Gasteiger charge is -2.34. The number of imide groups is 1. The number of urea groups is 1. The molecular formula is C45H46N10O5. The molecule has 6 aromatic rings. The highest BCUT2D eigenvalue weighted by Crippen LogP contribution is 2.37.